The van der Waals surface area contributed by atoms with Crippen LogP contribution in [-0.2, 0) is 14.3 Å². The van der Waals surface area contributed by atoms with Crippen LogP contribution in [-0.4, -0.2) is 81.6 Å². The molecule has 1 aliphatic rings. The number of nitrogens with zero attached hydrogens (tertiary/aromatic N) is 2. The zero-order valence-corrected chi connectivity index (χ0v) is 15.3. The van der Waals surface area contributed by atoms with E-state index in [1.165, 1.54) is 19.2 Å². The van der Waals surface area contributed by atoms with Gasteiger partial charge in [0.05, 0.1) is 12.6 Å². The van der Waals surface area contributed by atoms with E-state index < -0.39 is 11.8 Å². The zero-order valence-electron chi connectivity index (χ0n) is 15.3. The van der Waals surface area contributed by atoms with Gasteiger partial charge in [0.2, 0.25) is 0 Å². The van der Waals surface area contributed by atoms with Crippen LogP contribution in [0.5, 0.6) is 0 Å². The van der Waals surface area contributed by atoms with E-state index >= 15 is 0 Å². The maximum absolute atomic E-state index is 13.3. The molecule has 8 heteroatoms. The fourth-order valence-corrected chi connectivity index (χ4v) is 2.89. The summed E-state index contributed by atoms with van der Waals surface area (Å²) in [4.78, 5) is 28.3. The van der Waals surface area contributed by atoms with Crippen molar-refractivity contribution in [3.8, 4) is 0 Å². The second kappa shape index (κ2) is 10.2. The number of piperazine rings is 1. The maximum Gasteiger partial charge on any atom is 0.309 e. The standard InChI is InChI=1S/C18H27FN4O3/c1-22-8-10-23(11-9-22)16(14-3-5-15(19)6-4-14)13-21-18(25)17(24)20-7-12-26-2/h3-6,16H,7-13H2,1-2H3,(H,20,24)(H,21,25)/t16-/m0/s1. The Morgan fingerprint density at radius 2 is 1.73 bits per heavy atom. The summed E-state index contributed by atoms with van der Waals surface area (Å²) in [6.07, 6.45) is 0. The van der Waals surface area contributed by atoms with Gasteiger partial charge in [0.15, 0.2) is 0 Å². The van der Waals surface area contributed by atoms with E-state index in [9.17, 15) is 14.0 Å². The van der Waals surface area contributed by atoms with Gasteiger partial charge >= 0.3 is 11.8 Å². The van der Waals surface area contributed by atoms with Crippen molar-refractivity contribution in [3.63, 3.8) is 0 Å². The number of nitrogens with one attached hydrogen (secondary N) is 2. The quantitative estimate of drug-likeness (QED) is 0.525. The number of halogens is 1. The van der Waals surface area contributed by atoms with Gasteiger partial charge in [-0.15, -0.1) is 0 Å². The Labute approximate surface area is 153 Å². The first-order valence-corrected chi connectivity index (χ1v) is 8.74. The topological polar surface area (TPSA) is 73.9 Å². The molecule has 1 saturated heterocycles. The molecule has 0 unspecified atom stereocenters. The van der Waals surface area contributed by atoms with Crippen LogP contribution in [0.3, 0.4) is 0 Å². The fraction of sp³-hybridized carbons (Fsp3) is 0.556. The second-order valence-corrected chi connectivity index (χ2v) is 6.37. The van der Waals surface area contributed by atoms with E-state index in [0.717, 1.165) is 31.7 Å². The van der Waals surface area contributed by atoms with Crippen LogP contribution in [0.2, 0.25) is 0 Å². The minimum absolute atomic E-state index is 0.111. The van der Waals surface area contributed by atoms with Gasteiger partial charge < -0.3 is 20.3 Å². The molecule has 1 heterocycles. The summed E-state index contributed by atoms with van der Waals surface area (Å²) in [6.45, 7) is 4.43. The molecular weight excluding hydrogens is 339 g/mol. The number of likely N-dealkylation sites (N-methyl/N-ethyl adjacent to an activating group) is 1. The van der Waals surface area contributed by atoms with Crippen molar-refractivity contribution in [2.75, 3.05) is 60.0 Å². The van der Waals surface area contributed by atoms with E-state index in [-0.39, 0.29) is 24.9 Å². The van der Waals surface area contributed by atoms with Gasteiger partial charge in [-0.3, -0.25) is 14.5 Å². The van der Waals surface area contributed by atoms with Gasteiger partial charge in [0.25, 0.3) is 0 Å². The largest absolute Gasteiger partial charge is 0.383 e. The molecule has 0 bridgehead atoms. The molecule has 2 amide bonds. The summed E-state index contributed by atoms with van der Waals surface area (Å²) >= 11 is 0. The summed E-state index contributed by atoms with van der Waals surface area (Å²) in [5.41, 5.74) is 0.913. The van der Waals surface area contributed by atoms with Gasteiger partial charge in [0.1, 0.15) is 5.82 Å². The molecule has 0 radical (unpaired) electrons. The molecule has 0 saturated carbocycles. The molecule has 1 aromatic carbocycles. The van der Waals surface area contributed by atoms with Crippen molar-refractivity contribution in [2.24, 2.45) is 0 Å². The first kappa shape index (κ1) is 20.3. The van der Waals surface area contributed by atoms with Crippen molar-refractivity contribution < 1.29 is 18.7 Å². The lowest BCUT2D eigenvalue weighted by Crippen LogP contribution is -2.50. The Morgan fingerprint density at radius 1 is 1.12 bits per heavy atom. The minimum Gasteiger partial charge on any atom is -0.383 e. The fourth-order valence-electron chi connectivity index (χ4n) is 2.89. The number of amides is 2. The van der Waals surface area contributed by atoms with E-state index in [4.69, 9.17) is 4.74 Å². The number of methoxy groups -OCH3 is 1. The first-order valence-electron chi connectivity index (χ1n) is 8.74. The van der Waals surface area contributed by atoms with Crippen LogP contribution >= 0.6 is 0 Å². The van der Waals surface area contributed by atoms with Crippen molar-refractivity contribution in [1.29, 1.82) is 0 Å². The summed E-state index contributed by atoms with van der Waals surface area (Å²) in [5, 5.41) is 5.18. The van der Waals surface area contributed by atoms with E-state index in [1.54, 1.807) is 12.1 Å². The molecule has 1 fully saturated rings. The van der Waals surface area contributed by atoms with Crippen LogP contribution in [0.15, 0.2) is 24.3 Å². The van der Waals surface area contributed by atoms with E-state index in [1.807, 2.05) is 0 Å². The molecule has 2 rings (SSSR count). The molecule has 144 valence electrons. The normalized spacial score (nSPS) is 16.9. The number of carbonyl (C=O) groups is 2. The Kier molecular flexibility index (Phi) is 7.96. The van der Waals surface area contributed by atoms with Crippen LogP contribution in [0, 0.1) is 5.82 Å². The number of hydrogen-bond acceptors (Lipinski definition) is 5. The van der Waals surface area contributed by atoms with Gasteiger partial charge in [0, 0.05) is 46.4 Å². The highest BCUT2D eigenvalue weighted by molar-refractivity contribution is 6.35. The summed E-state index contributed by atoms with van der Waals surface area (Å²) < 4.78 is 18.1. The third kappa shape index (κ3) is 6.05. The molecule has 1 aliphatic heterocycles. The number of benzene rings is 1. The number of carbonyl (C=O) groups excluding carboxylic acids is 2. The Morgan fingerprint density at radius 3 is 2.35 bits per heavy atom. The van der Waals surface area contributed by atoms with Gasteiger partial charge in [-0.05, 0) is 24.7 Å². The van der Waals surface area contributed by atoms with Crippen molar-refractivity contribution >= 4 is 11.8 Å². The first-order chi connectivity index (χ1) is 12.5. The number of ether oxygens (including phenoxy) is 1. The van der Waals surface area contributed by atoms with E-state index in [0.29, 0.717) is 6.61 Å². The Hall–Kier alpha value is -2.03. The lowest BCUT2D eigenvalue weighted by atomic mass is 10.0. The predicted octanol–water partition coefficient (Wildman–Crippen LogP) is -0.00700. The smallest absolute Gasteiger partial charge is 0.309 e. The van der Waals surface area contributed by atoms with Crippen molar-refractivity contribution in [2.45, 2.75) is 6.04 Å². The molecule has 0 spiro atoms. The van der Waals surface area contributed by atoms with Crippen molar-refractivity contribution in [1.82, 2.24) is 20.4 Å². The summed E-state index contributed by atoms with van der Waals surface area (Å²) in [6, 6.07) is 6.17. The molecule has 26 heavy (non-hydrogen) atoms. The summed E-state index contributed by atoms with van der Waals surface area (Å²) in [7, 11) is 3.59. The van der Waals surface area contributed by atoms with Gasteiger partial charge in [-0.1, -0.05) is 12.1 Å². The van der Waals surface area contributed by atoms with Crippen LogP contribution in [0.4, 0.5) is 4.39 Å². The molecule has 2 N–H and O–H groups in total. The third-order valence-electron chi connectivity index (χ3n) is 4.49. The molecule has 0 aromatic heterocycles. The molecule has 0 aliphatic carbocycles. The predicted molar refractivity (Wildman–Crippen MR) is 96.1 cm³/mol. The van der Waals surface area contributed by atoms with Crippen LogP contribution < -0.4 is 10.6 Å². The van der Waals surface area contributed by atoms with E-state index in [2.05, 4.69) is 27.5 Å². The molecule has 1 atom stereocenters. The number of rotatable bonds is 7. The van der Waals surface area contributed by atoms with Crippen LogP contribution in [0.1, 0.15) is 11.6 Å². The van der Waals surface area contributed by atoms with Gasteiger partial charge in [-0.25, -0.2) is 4.39 Å². The second-order valence-electron chi connectivity index (χ2n) is 6.37. The highest BCUT2D eigenvalue weighted by atomic mass is 19.1. The lowest BCUT2D eigenvalue weighted by molar-refractivity contribution is -0.139. The maximum atomic E-state index is 13.3. The minimum atomic E-state index is -0.682. The average molecular weight is 366 g/mol. The molecular formula is C18H27FN4O3. The summed E-state index contributed by atoms with van der Waals surface area (Å²) in [5.74, 6) is -1.66. The monoisotopic (exact) mass is 366 g/mol. The molecule has 1 aromatic rings. The highest BCUT2D eigenvalue weighted by Crippen LogP contribution is 2.22. The average Bonchev–Trinajstić information content (AvgIpc) is 2.64. The highest BCUT2D eigenvalue weighted by Gasteiger charge is 2.25. The number of hydrogen-bond donors (Lipinski definition) is 2. The third-order valence-corrected chi connectivity index (χ3v) is 4.49. The molecule has 7 nitrogen and oxygen atoms in total. The van der Waals surface area contributed by atoms with Gasteiger partial charge in [-0.2, -0.15) is 0 Å². The lowest BCUT2D eigenvalue weighted by Gasteiger charge is -2.38. The van der Waals surface area contributed by atoms with Crippen molar-refractivity contribution in [3.05, 3.63) is 35.6 Å². The SMILES string of the molecule is COCCNC(=O)C(=O)NC[C@@H](c1ccc(F)cc1)N1CCN(C)CC1. The zero-order chi connectivity index (χ0) is 18.9. The van der Waals surface area contributed by atoms with Crippen LogP contribution in [0.25, 0.3) is 0 Å². The Balaban J connectivity index is 1.98. The Bertz CT molecular complexity index is 589.